The molecule has 130 valence electrons. The first-order chi connectivity index (χ1) is 12.0. The number of carbonyl (C=O) groups excluding carboxylic acids is 1. The topological polar surface area (TPSA) is 38.1 Å². The van der Waals surface area contributed by atoms with Crippen LogP contribution in [0.4, 0.5) is 4.39 Å². The Labute approximate surface area is 150 Å². The van der Waals surface area contributed by atoms with Gasteiger partial charge in [0.1, 0.15) is 11.6 Å². The molecule has 0 N–H and O–H groups in total. The van der Waals surface area contributed by atoms with Gasteiger partial charge in [0, 0.05) is 25.0 Å². The lowest BCUT2D eigenvalue weighted by atomic mass is 10.2. The SMILES string of the molecule is CC(C)N(Cc1nccn1Cc1ccc(F)cc1)C(=O)c1cccs1. The van der Waals surface area contributed by atoms with Crippen LogP contribution in [-0.4, -0.2) is 26.4 Å². The molecule has 1 aromatic carbocycles. The second kappa shape index (κ2) is 7.61. The number of hydrogen-bond donors (Lipinski definition) is 0. The lowest BCUT2D eigenvalue weighted by Crippen LogP contribution is -2.36. The van der Waals surface area contributed by atoms with E-state index in [0.29, 0.717) is 13.1 Å². The van der Waals surface area contributed by atoms with Crippen molar-refractivity contribution in [3.8, 4) is 0 Å². The molecular formula is C19H20FN3OS. The number of hydrogen-bond acceptors (Lipinski definition) is 3. The maximum atomic E-state index is 13.1. The van der Waals surface area contributed by atoms with Crippen molar-refractivity contribution in [2.24, 2.45) is 0 Å². The van der Waals surface area contributed by atoms with E-state index < -0.39 is 0 Å². The molecule has 6 heteroatoms. The maximum absolute atomic E-state index is 13.1. The average Bonchev–Trinajstić information content (AvgIpc) is 3.26. The fraction of sp³-hybridized carbons (Fsp3) is 0.263. The zero-order valence-electron chi connectivity index (χ0n) is 14.2. The molecule has 0 bridgehead atoms. The van der Waals surface area contributed by atoms with Crippen molar-refractivity contribution in [1.82, 2.24) is 14.5 Å². The highest BCUT2D eigenvalue weighted by Gasteiger charge is 2.21. The molecule has 0 radical (unpaired) electrons. The number of carbonyl (C=O) groups is 1. The molecular weight excluding hydrogens is 337 g/mol. The fourth-order valence-corrected chi connectivity index (χ4v) is 3.28. The molecule has 2 heterocycles. The van der Waals surface area contributed by atoms with Crippen molar-refractivity contribution < 1.29 is 9.18 Å². The van der Waals surface area contributed by atoms with Gasteiger partial charge in [-0.15, -0.1) is 11.3 Å². The van der Waals surface area contributed by atoms with E-state index in [-0.39, 0.29) is 17.8 Å². The molecule has 0 saturated heterocycles. The monoisotopic (exact) mass is 357 g/mol. The Kier molecular flexibility index (Phi) is 5.28. The molecule has 0 aliphatic rings. The number of nitrogens with zero attached hydrogens (tertiary/aromatic N) is 3. The number of benzene rings is 1. The number of imidazole rings is 1. The van der Waals surface area contributed by atoms with E-state index in [2.05, 4.69) is 4.98 Å². The third-order valence-electron chi connectivity index (χ3n) is 4.00. The van der Waals surface area contributed by atoms with E-state index in [1.807, 2.05) is 47.0 Å². The summed E-state index contributed by atoms with van der Waals surface area (Å²) in [5.74, 6) is 0.575. The minimum atomic E-state index is -0.248. The number of thiophene rings is 1. The molecule has 0 atom stereocenters. The molecule has 1 amide bonds. The van der Waals surface area contributed by atoms with Crippen LogP contribution in [0.2, 0.25) is 0 Å². The predicted octanol–water partition coefficient (Wildman–Crippen LogP) is 4.18. The van der Waals surface area contributed by atoms with Gasteiger partial charge in [-0.25, -0.2) is 9.37 Å². The highest BCUT2D eigenvalue weighted by Crippen LogP contribution is 2.17. The Morgan fingerprint density at radius 2 is 2.04 bits per heavy atom. The molecule has 0 aliphatic carbocycles. The summed E-state index contributed by atoms with van der Waals surface area (Å²) in [6.45, 7) is 5.02. The molecule has 0 unspecified atom stereocenters. The van der Waals surface area contributed by atoms with Gasteiger partial charge in [0.25, 0.3) is 5.91 Å². The molecule has 0 saturated carbocycles. The molecule has 25 heavy (non-hydrogen) atoms. The molecule has 0 fully saturated rings. The van der Waals surface area contributed by atoms with Crippen LogP contribution in [0.15, 0.2) is 54.2 Å². The van der Waals surface area contributed by atoms with Gasteiger partial charge in [-0.1, -0.05) is 18.2 Å². The Morgan fingerprint density at radius 3 is 2.68 bits per heavy atom. The van der Waals surface area contributed by atoms with Gasteiger partial charge in [-0.2, -0.15) is 0 Å². The van der Waals surface area contributed by atoms with Crippen molar-refractivity contribution in [1.29, 1.82) is 0 Å². The Hall–Kier alpha value is -2.47. The van der Waals surface area contributed by atoms with Crippen molar-refractivity contribution in [2.45, 2.75) is 33.0 Å². The number of halogens is 1. The first kappa shape index (κ1) is 17.4. The van der Waals surface area contributed by atoms with E-state index in [1.54, 1.807) is 18.3 Å². The normalized spacial score (nSPS) is 11.0. The van der Waals surface area contributed by atoms with Crippen LogP contribution in [0.25, 0.3) is 0 Å². The number of aromatic nitrogens is 2. The summed E-state index contributed by atoms with van der Waals surface area (Å²) in [5, 5.41) is 1.90. The lowest BCUT2D eigenvalue weighted by molar-refractivity contribution is 0.0688. The minimum absolute atomic E-state index is 0.0151. The second-order valence-corrected chi connectivity index (χ2v) is 7.05. The van der Waals surface area contributed by atoms with Crippen LogP contribution in [0, 0.1) is 5.82 Å². The smallest absolute Gasteiger partial charge is 0.264 e. The predicted molar refractivity (Wildman–Crippen MR) is 97.1 cm³/mol. The number of amides is 1. The Balaban J connectivity index is 1.78. The lowest BCUT2D eigenvalue weighted by Gasteiger charge is -2.26. The van der Waals surface area contributed by atoms with Crippen molar-refractivity contribution in [2.75, 3.05) is 0 Å². The van der Waals surface area contributed by atoms with E-state index in [1.165, 1.54) is 23.5 Å². The molecule has 0 spiro atoms. The van der Waals surface area contributed by atoms with Crippen LogP contribution in [-0.2, 0) is 13.1 Å². The number of rotatable bonds is 6. The van der Waals surface area contributed by atoms with Crippen LogP contribution >= 0.6 is 11.3 Å². The zero-order valence-corrected chi connectivity index (χ0v) is 15.0. The fourth-order valence-electron chi connectivity index (χ4n) is 2.61. The largest absolute Gasteiger partial charge is 0.329 e. The highest BCUT2D eigenvalue weighted by atomic mass is 32.1. The van der Waals surface area contributed by atoms with Gasteiger partial charge >= 0.3 is 0 Å². The van der Waals surface area contributed by atoms with E-state index in [4.69, 9.17) is 0 Å². The Morgan fingerprint density at radius 1 is 1.28 bits per heavy atom. The van der Waals surface area contributed by atoms with Crippen LogP contribution in [0.5, 0.6) is 0 Å². The van der Waals surface area contributed by atoms with Crippen LogP contribution < -0.4 is 0 Å². The van der Waals surface area contributed by atoms with E-state index in [9.17, 15) is 9.18 Å². The van der Waals surface area contributed by atoms with E-state index >= 15 is 0 Å². The third-order valence-corrected chi connectivity index (χ3v) is 4.85. The molecule has 4 nitrogen and oxygen atoms in total. The second-order valence-electron chi connectivity index (χ2n) is 6.10. The Bertz CT molecular complexity index is 825. The summed E-state index contributed by atoms with van der Waals surface area (Å²) in [4.78, 5) is 19.7. The average molecular weight is 357 g/mol. The molecule has 3 rings (SSSR count). The highest BCUT2D eigenvalue weighted by molar-refractivity contribution is 7.12. The minimum Gasteiger partial charge on any atom is -0.329 e. The van der Waals surface area contributed by atoms with Gasteiger partial charge in [0.2, 0.25) is 0 Å². The summed E-state index contributed by atoms with van der Waals surface area (Å²) in [7, 11) is 0. The first-order valence-electron chi connectivity index (χ1n) is 8.13. The van der Waals surface area contributed by atoms with Crippen LogP contribution in [0.3, 0.4) is 0 Å². The van der Waals surface area contributed by atoms with Gasteiger partial charge in [-0.3, -0.25) is 4.79 Å². The van der Waals surface area contributed by atoms with Crippen molar-refractivity contribution in [3.05, 3.63) is 76.3 Å². The molecule has 2 aromatic heterocycles. The first-order valence-corrected chi connectivity index (χ1v) is 9.01. The molecule has 3 aromatic rings. The van der Waals surface area contributed by atoms with Crippen molar-refractivity contribution >= 4 is 17.2 Å². The summed E-state index contributed by atoms with van der Waals surface area (Å²) in [6.07, 6.45) is 3.61. The van der Waals surface area contributed by atoms with Gasteiger partial charge in [-0.05, 0) is 43.0 Å². The zero-order chi connectivity index (χ0) is 17.8. The third kappa shape index (κ3) is 4.14. The maximum Gasteiger partial charge on any atom is 0.264 e. The molecule has 0 aliphatic heterocycles. The standard InChI is InChI=1S/C19H20FN3OS/c1-14(2)23(19(24)17-4-3-11-25-17)13-18-21-9-10-22(18)12-15-5-7-16(20)8-6-15/h3-11,14H,12-13H2,1-2H3. The van der Waals surface area contributed by atoms with Crippen LogP contribution in [0.1, 0.15) is 34.9 Å². The summed E-state index contributed by atoms with van der Waals surface area (Å²) in [5.41, 5.74) is 0.987. The summed E-state index contributed by atoms with van der Waals surface area (Å²) < 4.78 is 15.1. The quantitative estimate of drug-likeness (QED) is 0.664. The van der Waals surface area contributed by atoms with Gasteiger partial charge < -0.3 is 9.47 Å². The van der Waals surface area contributed by atoms with E-state index in [0.717, 1.165) is 16.3 Å². The van der Waals surface area contributed by atoms with Gasteiger partial charge in [0.15, 0.2) is 0 Å². The summed E-state index contributed by atoms with van der Waals surface area (Å²) >= 11 is 1.44. The van der Waals surface area contributed by atoms with Crippen molar-refractivity contribution in [3.63, 3.8) is 0 Å². The van der Waals surface area contributed by atoms with Gasteiger partial charge in [0.05, 0.1) is 11.4 Å². The summed E-state index contributed by atoms with van der Waals surface area (Å²) in [6, 6.07) is 10.2.